The first-order valence-electron chi connectivity index (χ1n) is 17.2. The Hall–Kier alpha value is -4.38. The summed E-state index contributed by atoms with van der Waals surface area (Å²) in [6.07, 6.45) is -2.39. The molecule has 9 nitrogen and oxygen atoms in total. The summed E-state index contributed by atoms with van der Waals surface area (Å²) < 4.78 is 38.1. The molecule has 1 saturated heterocycles. The van der Waals surface area contributed by atoms with Crippen molar-refractivity contribution in [2.75, 3.05) is 19.8 Å². The third kappa shape index (κ3) is 11.9. The van der Waals surface area contributed by atoms with E-state index in [2.05, 4.69) is 5.32 Å². The van der Waals surface area contributed by atoms with Gasteiger partial charge in [0.2, 0.25) is 5.91 Å². The van der Waals surface area contributed by atoms with E-state index in [-0.39, 0.29) is 32.1 Å². The highest BCUT2D eigenvalue weighted by atomic mass is 16.6. The van der Waals surface area contributed by atoms with Crippen LogP contribution < -0.4 is 5.32 Å². The topological polar surface area (TPSA) is 102 Å². The van der Waals surface area contributed by atoms with Crippen LogP contribution >= 0.6 is 0 Å². The van der Waals surface area contributed by atoms with Gasteiger partial charge in [-0.3, -0.25) is 9.59 Å². The van der Waals surface area contributed by atoms with Crippen molar-refractivity contribution >= 4 is 11.9 Å². The lowest BCUT2D eigenvalue weighted by Gasteiger charge is -2.46. The van der Waals surface area contributed by atoms with Crippen LogP contribution in [0.5, 0.6) is 0 Å². The summed E-state index contributed by atoms with van der Waals surface area (Å²) in [5, 5.41) is 2.66. The fraction of sp³-hybridized carbons (Fsp3) is 0.366. The molecule has 0 aliphatic carbocycles. The number of nitrogens with one attached hydrogen (secondary N) is 1. The van der Waals surface area contributed by atoms with E-state index in [1.165, 1.54) is 0 Å². The highest BCUT2D eigenvalue weighted by molar-refractivity contribution is 5.81. The maximum Gasteiger partial charge on any atom is 0.325 e. The highest BCUT2D eigenvalue weighted by Gasteiger charge is 2.48. The van der Waals surface area contributed by atoms with Crippen molar-refractivity contribution < 1.29 is 38.0 Å². The van der Waals surface area contributed by atoms with E-state index in [9.17, 15) is 9.59 Å². The monoisotopic (exact) mass is 681 g/mol. The number of benzene rings is 4. The molecule has 50 heavy (non-hydrogen) atoms. The molecule has 5 rings (SSSR count). The first-order chi connectivity index (χ1) is 24.6. The maximum atomic E-state index is 12.9. The van der Waals surface area contributed by atoms with E-state index >= 15 is 0 Å². The van der Waals surface area contributed by atoms with E-state index in [0.29, 0.717) is 32.8 Å². The van der Waals surface area contributed by atoms with Crippen molar-refractivity contribution in [3.05, 3.63) is 144 Å². The molecule has 9 heteroatoms. The molecule has 1 fully saturated rings. The Labute approximate surface area is 294 Å². The van der Waals surface area contributed by atoms with Gasteiger partial charge in [0.05, 0.1) is 45.7 Å². The van der Waals surface area contributed by atoms with Crippen molar-refractivity contribution in [2.45, 2.75) is 76.7 Å². The molecule has 4 aromatic carbocycles. The average molecular weight is 682 g/mol. The van der Waals surface area contributed by atoms with Crippen molar-refractivity contribution in [1.82, 2.24) is 5.32 Å². The molecule has 0 unspecified atom stereocenters. The number of hydrogen-bond donors (Lipinski definition) is 1. The van der Waals surface area contributed by atoms with E-state index in [1.54, 1.807) is 6.92 Å². The van der Waals surface area contributed by atoms with Gasteiger partial charge in [-0.2, -0.15) is 0 Å². The van der Waals surface area contributed by atoms with Crippen LogP contribution in [0, 0.1) is 0 Å². The highest BCUT2D eigenvalue weighted by Crippen LogP contribution is 2.33. The van der Waals surface area contributed by atoms with Gasteiger partial charge in [-0.05, 0) is 35.6 Å². The molecule has 1 aliphatic heterocycles. The molecule has 0 saturated carbocycles. The molecule has 1 amide bonds. The molecular weight excluding hydrogens is 634 g/mol. The van der Waals surface area contributed by atoms with Crippen LogP contribution in [0.3, 0.4) is 0 Å². The van der Waals surface area contributed by atoms with Gasteiger partial charge in [0.1, 0.15) is 31.0 Å². The molecule has 1 N–H and O–H groups in total. The van der Waals surface area contributed by atoms with Gasteiger partial charge in [0, 0.05) is 6.42 Å². The third-order valence-corrected chi connectivity index (χ3v) is 8.37. The summed E-state index contributed by atoms with van der Waals surface area (Å²) in [4.78, 5) is 24.8. The zero-order valence-electron chi connectivity index (χ0n) is 28.6. The minimum absolute atomic E-state index is 0.105. The smallest absolute Gasteiger partial charge is 0.325 e. The second kappa shape index (κ2) is 20.3. The zero-order valence-corrected chi connectivity index (χ0v) is 28.6. The van der Waals surface area contributed by atoms with Gasteiger partial charge in [0.25, 0.3) is 0 Å². The Balaban J connectivity index is 1.41. The zero-order chi connectivity index (χ0) is 34.8. The molecule has 1 heterocycles. The van der Waals surface area contributed by atoms with Crippen LogP contribution in [0.25, 0.3) is 0 Å². The number of esters is 1. The van der Waals surface area contributed by atoms with Crippen LogP contribution in [-0.4, -0.2) is 62.2 Å². The van der Waals surface area contributed by atoms with Gasteiger partial charge in [-0.1, -0.05) is 121 Å². The van der Waals surface area contributed by atoms with E-state index < -0.39 is 36.5 Å². The van der Waals surface area contributed by atoms with E-state index in [4.69, 9.17) is 28.4 Å². The number of amides is 1. The van der Waals surface area contributed by atoms with Gasteiger partial charge in [-0.15, -0.1) is 0 Å². The Bertz CT molecular complexity index is 1540. The molecule has 4 aromatic rings. The summed E-state index contributed by atoms with van der Waals surface area (Å²) in [5.74, 6) is -0.771. The van der Waals surface area contributed by atoms with Gasteiger partial charge in [-0.25, -0.2) is 0 Å². The predicted octanol–water partition coefficient (Wildman–Crippen LogP) is 6.19. The molecule has 0 spiro atoms. The van der Waals surface area contributed by atoms with Crippen molar-refractivity contribution in [3.63, 3.8) is 0 Å². The first-order valence-corrected chi connectivity index (χ1v) is 17.2. The van der Waals surface area contributed by atoms with Crippen molar-refractivity contribution in [1.29, 1.82) is 0 Å². The minimum Gasteiger partial charge on any atom is -0.465 e. The van der Waals surface area contributed by atoms with Gasteiger partial charge >= 0.3 is 5.97 Å². The van der Waals surface area contributed by atoms with Gasteiger partial charge < -0.3 is 33.7 Å². The number of hydrogen-bond acceptors (Lipinski definition) is 8. The molecule has 0 aromatic heterocycles. The lowest BCUT2D eigenvalue weighted by molar-refractivity contribution is -0.273. The maximum absolute atomic E-state index is 12.9. The lowest BCUT2D eigenvalue weighted by atomic mass is 9.91. The Kier molecular flexibility index (Phi) is 15.0. The van der Waals surface area contributed by atoms with E-state index in [0.717, 1.165) is 22.3 Å². The second-order valence-corrected chi connectivity index (χ2v) is 12.1. The van der Waals surface area contributed by atoms with Crippen molar-refractivity contribution in [2.24, 2.45) is 0 Å². The SMILES string of the molecule is CCOC(=O)CNC(=O)CC[C@H]1O[C@H](COCc2ccccc2)[C@@H](OCc2ccccc2)[C@H](OCc2ccccc2)[C@H]1OCc1ccccc1. The van der Waals surface area contributed by atoms with E-state index in [1.807, 2.05) is 121 Å². The second-order valence-electron chi connectivity index (χ2n) is 12.1. The first kappa shape index (κ1) is 36.9. The Morgan fingerprint density at radius 2 is 1.04 bits per heavy atom. The Morgan fingerprint density at radius 1 is 0.600 bits per heavy atom. The standard InChI is InChI=1S/C41H47NO8/c1-2-46-38(44)25-42-37(43)24-23-35-39(47-27-32-17-9-4-10-18-32)41(49-29-34-21-13-6-14-22-34)40(48-28-33-19-11-5-12-20-33)36(50-35)30-45-26-31-15-7-3-8-16-31/h3-22,35-36,39-41H,2,23-30H2,1H3,(H,42,43)/t35-,36-,39+,40-,41-/m1/s1. The third-order valence-electron chi connectivity index (χ3n) is 8.37. The summed E-state index contributed by atoms with van der Waals surface area (Å²) >= 11 is 0. The van der Waals surface area contributed by atoms with Crippen LogP contribution in [0.2, 0.25) is 0 Å². The molecule has 264 valence electrons. The Morgan fingerprint density at radius 3 is 1.52 bits per heavy atom. The normalized spacial score (nSPS) is 20.2. The number of carbonyl (C=O) groups excluding carboxylic acids is 2. The minimum atomic E-state index is -0.595. The van der Waals surface area contributed by atoms with Crippen LogP contribution in [0.15, 0.2) is 121 Å². The summed E-state index contributed by atoms with van der Waals surface area (Å²) in [6, 6.07) is 39.8. The van der Waals surface area contributed by atoms with Crippen molar-refractivity contribution in [3.8, 4) is 0 Å². The molecular formula is C41H47NO8. The van der Waals surface area contributed by atoms with Crippen LogP contribution in [-0.2, 0) is 64.4 Å². The van der Waals surface area contributed by atoms with Gasteiger partial charge in [0.15, 0.2) is 0 Å². The fourth-order valence-electron chi connectivity index (χ4n) is 5.86. The molecule has 0 radical (unpaired) electrons. The lowest BCUT2D eigenvalue weighted by Crippen LogP contribution is -2.61. The largest absolute Gasteiger partial charge is 0.465 e. The fourth-order valence-corrected chi connectivity index (χ4v) is 5.86. The summed E-state index contributed by atoms with van der Waals surface area (Å²) in [7, 11) is 0. The number of ether oxygens (including phenoxy) is 6. The quantitative estimate of drug-likeness (QED) is 0.117. The number of carbonyl (C=O) groups is 2. The summed E-state index contributed by atoms with van der Waals surface area (Å²) in [5.41, 5.74) is 4.06. The molecule has 1 aliphatic rings. The average Bonchev–Trinajstić information content (AvgIpc) is 3.16. The molecule has 0 bridgehead atoms. The van der Waals surface area contributed by atoms with Crippen LogP contribution in [0.4, 0.5) is 0 Å². The predicted molar refractivity (Wildman–Crippen MR) is 189 cm³/mol. The van der Waals surface area contributed by atoms with Crippen LogP contribution in [0.1, 0.15) is 42.0 Å². The number of rotatable bonds is 19. The molecule has 5 atom stereocenters. The summed E-state index contributed by atoms with van der Waals surface area (Å²) in [6.45, 7) is 3.38.